The Morgan fingerprint density at radius 3 is 2.20 bits per heavy atom. The predicted octanol–water partition coefficient (Wildman–Crippen LogP) is 1.41. The number of hydrogen-bond acceptors (Lipinski definition) is 3. The molecule has 0 aliphatic heterocycles. The third kappa shape index (κ3) is 2.82. The zero-order valence-electron chi connectivity index (χ0n) is 6.22. The Balaban J connectivity index is 4.27. The largest absolute Gasteiger partial charge is 0.399 e. The van der Waals surface area contributed by atoms with Crippen LogP contribution in [0.4, 0.5) is 0 Å². The second-order valence-electron chi connectivity index (χ2n) is 2.09. The first-order valence-electron chi connectivity index (χ1n) is 2.90. The van der Waals surface area contributed by atoms with E-state index in [9.17, 15) is 4.79 Å². The normalized spacial score (nSPS) is 11.9. The fourth-order valence-corrected chi connectivity index (χ4v) is 0.719. The lowest BCUT2D eigenvalue weighted by Gasteiger charge is -2.01. The van der Waals surface area contributed by atoms with Gasteiger partial charge in [0.1, 0.15) is 12.8 Å². The van der Waals surface area contributed by atoms with E-state index in [1.807, 2.05) is 13.8 Å². The van der Waals surface area contributed by atoms with Crippen molar-refractivity contribution in [3.63, 3.8) is 0 Å². The molecule has 0 aliphatic carbocycles. The maximum atomic E-state index is 10.5. The maximum Gasteiger partial charge on any atom is 0.270 e. The summed E-state index contributed by atoms with van der Waals surface area (Å²) in [5.74, 6) is 0.00458. The van der Waals surface area contributed by atoms with Crippen molar-refractivity contribution in [1.82, 2.24) is 0 Å². The topological polar surface area (TPSA) is 38.7 Å². The molecule has 0 saturated heterocycles. The van der Waals surface area contributed by atoms with Gasteiger partial charge in [0.15, 0.2) is 0 Å². The second kappa shape index (κ2) is 4.28. The van der Waals surface area contributed by atoms with Crippen molar-refractivity contribution >= 4 is 22.6 Å². The van der Waals surface area contributed by atoms with Crippen molar-refractivity contribution in [3.8, 4) is 0 Å². The summed E-state index contributed by atoms with van der Waals surface area (Å²) >= 11 is 5.17. The third-order valence-corrected chi connectivity index (χ3v) is 1.13. The molecule has 3 nitrogen and oxygen atoms in total. The van der Waals surface area contributed by atoms with Crippen LogP contribution in [-0.4, -0.2) is 18.1 Å². The van der Waals surface area contributed by atoms with Crippen molar-refractivity contribution < 1.29 is 9.63 Å². The molecule has 10 heavy (non-hydrogen) atoms. The van der Waals surface area contributed by atoms with Gasteiger partial charge in [-0.25, -0.2) is 0 Å². The van der Waals surface area contributed by atoms with Crippen LogP contribution in [-0.2, 0) is 9.63 Å². The Morgan fingerprint density at radius 2 is 2.10 bits per heavy atom. The highest BCUT2D eigenvalue weighted by atomic mass is 35.5. The Kier molecular flexibility index (Phi) is 4.03. The molecule has 4 heteroatoms. The summed E-state index contributed by atoms with van der Waals surface area (Å²) in [5, 5.41) is 2.90. The van der Waals surface area contributed by atoms with Crippen molar-refractivity contribution in [2.75, 3.05) is 7.11 Å². The first kappa shape index (κ1) is 9.43. The van der Waals surface area contributed by atoms with Crippen molar-refractivity contribution in [3.05, 3.63) is 0 Å². The van der Waals surface area contributed by atoms with Crippen LogP contribution in [0, 0.1) is 5.92 Å². The average molecular weight is 164 g/mol. The van der Waals surface area contributed by atoms with Gasteiger partial charge in [-0.15, -0.1) is 0 Å². The molecule has 0 amide bonds. The Bertz CT molecular complexity index is 154. The lowest BCUT2D eigenvalue weighted by Crippen LogP contribution is -2.15. The van der Waals surface area contributed by atoms with E-state index in [0.717, 1.165) is 0 Å². The van der Waals surface area contributed by atoms with E-state index in [1.54, 1.807) is 0 Å². The summed E-state index contributed by atoms with van der Waals surface area (Å²) in [5.41, 5.74) is 0.254. The molecular weight excluding hydrogens is 154 g/mol. The smallest absolute Gasteiger partial charge is 0.270 e. The second-order valence-corrected chi connectivity index (χ2v) is 2.43. The molecule has 0 aromatic heterocycles. The summed E-state index contributed by atoms with van der Waals surface area (Å²) in [4.78, 5) is 14.9. The summed E-state index contributed by atoms with van der Waals surface area (Å²) in [6.07, 6.45) is 0. The molecule has 0 atom stereocenters. The lowest BCUT2D eigenvalue weighted by atomic mass is 10.1. The van der Waals surface area contributed by atoms with Gasteiger partial charge in [-0.3, -0.25) is 4.79 Å². The molecule has 58 valence electrons. The minimum absolute atomic E-state index is 0.00458. The first-order chi connectivity index (χ1) is 4.59. The van der Waals surface area contributed by atoms with Gasteiger partial charge in [-0.05, 0) is 11.6 Å². The molecule has 0 aliphatic rings. The summed E-state index contributed by atoms with van der Waals surface area (Å²) in [6, 6.07) is 0. The van der Waals surface area contributed by atoms with Gasteiger partial charge < -0.3 is 4.84 Å². The van der Waals surface area contributed by atoms with Gasteiger partial charge >= 0.3 is 0 Å². The minimum Gasteiger partial charge on any atom is -0.399 e. The number of oxime groups is 1. The molecule has 0 rings (SSSR count). The van der Waals surface area contributed by atoms with Gasteiger partial charge in [-0.2, -0.15) is 0 Å². The number of rotatable bonds is 3. The highest BCUT2D eigenvalue weighted by Crippen LogP contribution is 2.01. The SMILES string of the molecule is CON=C(C(=O)Cl)C(C)C. The summed E-state index contributed by atoms with van der Waals surface area (Å²) in [7, 11) is 1.38. The van der Waals surface area contributed by atoms with Crippen LogP contribution in [0.25, 0.3) is 0 Å². The van der Waals surface area contributed by atoms with Crippen LogP contribution in [0.15, 0.2) is 5.16 Å². The minimum atomic E-state index is -0.558. The Morgan fingerprint density at radius 1 is 1.60 bits per heavy atom. The zero-order chi connectivity index (χ0) is 8.15. The van der Waals surface area contributed by atoms with Gasteiger partial charge in [0, 0.05) is 5.92 Å². The van der Waals surface area contributed by atoms with Gasteiger partial charge in [0.2, 0.25) is 0 Å². The Labute approximate surface area is 65.0 Å². The summed E-state index contributed by atoms with van der Waals surface area (Å²) in [6.45, 7) is 3.64. The van der Waals surface area contributed by atoms with Crippen molar-refractivity contribution in [1.29, 1.82) is 0 Å². The molecule has 0 radical (unpaired) electrons. The fourth-order valence-electron chi connectivity index (χ4n) is 0.467. The predicted molar refractivity (Wildman–Crippen MR) is 40.1 cm³/mol. The molecular formula is C6H10ClNO2. The van der Waals surface area contributed by atoms with Crippen molar-refractivity contribution in [2.24, 2.45) is 11.1 Å². The number of carbonyl (C=O) groups is 1. The van der Waals surface area contributed by atoms with Crippen LogP contribution >= 0.6 is 11.6 Å². The van der Waals surface area contributed by atoms with E-state index in [0.29, 0.717) is 0 Å². The zero-order valence-corrected chi connectivity index (χ0v) is 6.97. The van der Waals surface area contributed by atoms with E-state index in [4.69, 9.17) is 11.6 Å². The maximum absolute atomic E-state index is 10.5. The quantitative estimate of drug-likeness (QED) is 0.359. The molecule has 0 spiro atoms. The number of carbonyl (C=O) groups excluding carboxylic acids is 1. The van der Waals surface area contributed by atoms with E-state index < -0.39 is 5.24 Å². The molecule has 0 N–H and O–H groups in total. The van der Waals surface area contributed by atoms with Crippen LogP contribution in [0.3, 0.4) is 0 Å². The van der Waals surface area contributed by atoms with Crippen LogP contribution in [0.2, 0.25) is 0 Å². The van der Waals surface area contributed by atoms with Gasteiger partial charge in [0.05, 0.1) is 0 Å². The molecule has 0 heterocycles. The molecule has 0 fully saturated rings. The molecule has 0 saturated carbocycles. The van der Waals surface area contributed by atoms with E-state index >= 15 is 0 Å². The molecule has 0 bridgehead atoms. The summed E-state index contributed by atoms with van der Waals surface area (Å²) < 4.78 is 0. The van der Waals surface area contributed by atoms with E-state index in [2.05, 4.69) is 9.99 Å². The van der Waals surface area contributed by atoms with E-state index in [-0.39, 0.29) is 11.6 Å². The standard InChI is InChI=1S/C6H10ClNO2/c1-4(2)5(6(7)9)8-10-3/h4H,1-3H3. The van der Waals surface area contributed by atoms with Gasteiger partial charge in [-0.1, -0.05) is 19.0 Å². The van der Waals surface area contributed by atoms with E-state index in [1.165, 1.54) is 7.11 Å². The van der Waals surface area contributed by atoms with Crippen LogP contribution in [0.1, 0.15) is 13.8 Å². The monoisotopic (exact) mass is 163 g/mol. The number of halogens is 1. The molecule has 0 aromatic rings. The number of nitrogens with zero attached hydrogens (tertiary/aromatic N) is 1. The van der Waals surface area contributed by atoms with Gasteiger partial charge in [0.25, 0.3) is 5.24 Å². The number of hydrogen-bond donors (Lipinski definition) is 0. The first-order valence-corrected chi connectivity index (χ1v) is 3.28. The average Bonchev–Trinajstić information content (AvgIpc) is 1.81. The van der Waals surface area contributed by atoms with Crippen LogP contribution in [0.5, 0.6) is 0 Å². The highest BCUT2D eigenvalue weighted by Gasteiger charge is 2.12. The third-order valence-electron chi connectivity index (χ3n) is 0.938. The highest BCUT2D eigenvalue weighted by molar-refractivity contribution is 6.82. The molecule has 0 aromatic carbocycles. The lowest BCUT2D eigenvalue weighted by molar-refractivity contribution is -0.106. The van der Waals surface area contributed by atoms with Crippen LogP contribution < -0.4 is 0 Å². The van der Waals surface area contributed by atoms with Crippen molar-refractivity contribution in [2.45, 2.75) is 13.8 Å². The Hall–Kier alpha value is -0.570. The molecule has 0 unspecified atom stereocenters. The fraction of sp³-hybridized carbons (Fsp3) is 0.667.